The Morgan fingerprint density at radius 1 is 1.00 bits per heavy atom. The van der Waals surface area contributed by atoms with Gasteiger partial charge in [0.15, 0.2) is 0 Å². The molecule has 8 nitrogen and oxygen atoms in total. The van der Waals surface area contributed by atoms with Crippen molar-refractivity contribution in [3.8, 4) is 0 Å². The summed E-state index contributed by atoms with van der Waals surface area (Å²) in [5.41, 5.74) is -0.272. The van der Waals surface area contributed by atoms with Crippen LogP contribution in [-0.2, 0) is 19.1 Å². The first-order valence-corrected chi connectivity index (χ1v) is 9.88. The van der Waals surface area contributed by atoms with E-state index in [9.17, 15) is 24.8 Å². The van der Waals surface area contributed by atoms with Crippen LogP contribution < -0.4 is 0 Å². The Morgan fingerprint density at radius 2 is 1.55 bits per heavy atom. The molecule has 0 spiro atoms. The molecule has 2 aromatic carbocycles. The average molecular weight is 427 g/mol. The lowest BCUT2D eigenvalue weighted by Gasteiger charge is -2.46. The maximum absolute atomic E-state index is 13.0. The van der Waals surface area contributed by atoms with Crippen molar-refractivity contribution >= 4 is 11.9 Å². The predicted molar refractivity (Wildman–Crippen MR) is 111 cm³/mol. The highest BCUT2D eigenvalue weighted by molar-refractivity contribution is 6.02. The van der Waals surface area contributed by atoms with Crippen molar-refractivity contribution in [2.24, 2.45) is 5.41 Å². The van der Waals surface area contributed by atoms with Gasteiger partial charge in [0.25, 0.3) is 0 Å². The van der Waals surface area contributed by atoms with Gasteiger partial charge in [-0.25, -0.2) is 0 Å². The van der Waals surface area contributed by atoms with Crippen LogP contribution in [-0.4, -0.2) is 48.3 Å². The van der Waals surface area contributed by atoms with Crippen molar-refractivity contribution in [3.05, 3.63) is 81.4 Å². The summed E-state index contributed by atoms with van der Waals surface area (Å²) >= 11 is 0. The summed E-state index contributed by atoms with van der Waals surface area (Å²) in [4.78, 5) is 38.0. The number of nitro groups is 1. The quantitative estimate of drug-likeness (QED) is 0.337. The van der Waals surface area contributed by atoms with Gasteiger partial charge >= 0.3 is 11.9 Å². The van der Waals surface area contributed by atoms with Crippen molar-refractivity contribution in [3.63, 3.8) is 0 Å². The van der Waals surface area contributed by atoms with Crippen LogP contribution in [0.4, 0.5) is 0 Å². The number of aliphatic hydroxyl groups is 1. The number of hydrogen-bond donors (Lipinski definition) is 1. The van der Waals surface area contributed by atoms with Crippen LogP contribution in [0.5, 0.6) is 0 Å². The number of ether oxygens (including phenoxy) is 2. The van der Waals surface area contributed by atoms with E-state index in [-0.39, 0.29) is 6.42 Å². The van der Waals surface area contributed by atoms with Crippen LogP contribution in [0.25, 0.3) is 0 Å². The van der Waals surface area contributed by atoms with Gasteiger partial charge in [0.1, 0.15) is 0 Å². The van der Waals surface area contributed by atoms with Crippen LogP contribution in [0.2, 0.25) is 0 Å². The Balaban J connectivity index is 2.31. The molecule has 0 unspecified atom stereocenters. The summed E-state index contributed by atoms with van der Waals surface area (Å²) in [6, 6.07) is 14.1. The molecular formula is C23H25NO7. The molecule has 0 saturated heterocycles. The second-order valence-electron chi connectivity index (χ2n) is 7.79. The van der Waals surface area contributed by atoms with E-state index >= 15 is 0 Å². The van der Waals surface area contributed by atoms with Crippen molar-refractivity contribution < 1.29 is 29.1 Å². The molecule has 8 heteroatoms. The molecular weight excluding hydrogens is 402 g/mol. The molecule has 2 aromatic rings. The maximum atomic E-state index is 13.0. The number of aliphatic hydroxyl groups excluding tert-OH is 1. The minimum absolute atomic E-state index is 0.178. The van der Waals surface area contributed by atoms with Gasteiger partial charge in [-0.05, 0) is 24.5 Å². The van der Waals surface area contributed by atoms with Gasteiger partial charge in [-0.15, -0.1) is 0 Å². The molecule has 1 aliphatic carbocycles. The van der Waals surface area contributed by atoms with E-state index < -0.39 is 46.3 Å². The van der Waals surface area contributed by atoms with Gasteiger partial charge in [0.05, 0.1) is 32.2 Å². The maximum Gasteiger partial charge on any atom is 0.326 e. The Hall–Kier alpha value is -3.26. The normalized spacial score (nSPS) is 24.8. The van der Waals surface area contributed by atoms with Crippen LogP contribution in [0.15, 0.2) is 54.6 Å². The fourth-order valence-electron chi connectivity index (χ4n) is 4.76. The highest BCUT2D eigenvalue weighted by atomic mass is 16.6. The first-order chi connectivity index (χ1) is 14.8. The fraction of sp³-hybridized carbons (Fsp3) is 0.391. The number of esters is 2. The van der Waals surface area contributed by atoms with Gasteiger partial charge in [-0.1, -0.05) is 60.2 Å². The van der Waals surface area contributed by atoms with Gasteiger partial charge < -0.3 is 14.6 Å². The minimum atomic E-state index is -2.27. The van der Waals surface area contributed by atoms with Crippen molar-refractivity contribution in [2.45, 2.75) is 37.3 Å². The Kier molecular flexibility index (Phi) is 6.40. The molecule has 0 aromatic heterocycles. The molecule has 1 fully saturated rings. The molecule has 3 rings (SSSR count). The first kappa shape index (κ1) is 22.4. The van der Waals surface area contributed by atoms with E-state index in [0.29, 0.717) is 11.1 Å². The average Bonchev–Trinajstić information content (AvgIpc) is 2.78. The number of hydrogen-bond acceptors (Lipinski definition) is 7. The molecule has 0 amide bonds. The summed E-state index contributed by atoms with van der Waals surface area (Å²) in [5.74, 6) is -4.17. The zero-order valence-electron chi connectivity index (χ0n) is 17.6. The summed E-state index contributed by atoms with van der Waals surface area (Å²) in [6.45, 7) is 1.90. The second-order valence-corrected chi connectivity index (χ2v) is 7.79. The van der Waals surface area contributed by atoms with Crippen LogP contribution >= 0.6 is 0 Å². The van der Waals surface area contributed by atoms with E-state index in [1.54, 1.807) is 42.5 Å². The zero-order chi connectivity index (χ0) is 22.8. The van der Waals surface area contributed by atoms with Crippen molar-refractivity contribution in [2.75, 3.05) is 14.2 Å². The van der Waals surface area contributed by atoms with E-state index in [1.165, 1.54) is 0 Å². The third kappa shape index (κ3) is 3.67. The van der Waals surface area contributed by atoms with Crippen LogP contribution in [0.1, 0.15) is 34.9 Å². The third-order valence-corrected chi connectivity index (χ3v) is 6.20. The summed E-state index contributed by atoms with van der Waals surface area (Å²) in [5, 5.41) is 23.6. The van der Waals surface area contributed by atoms with E-state index in [0.717, 1.165) is 19.8 Å². The molecule has 0 bridgehead atoms. The standard InChI is InChI=1S/C23H25NO7/c1-14-9-11-15(12-10-14)17-13-18(25)23(21(26)30-2,22(27)31-3)19(20(17)24(28)29)16-7-5-4-6-8-16/h4-12,17-20,25H,13H2,1-3H3/t17-,18-,19-,20-/m0/s1. The highest BCUT2D eigenvalue weighted by Crippen LogP contribution is 2.54. The molecule has 0 aliphatic heterocycles. The molecule has 31 heavy (non-hydrogen) atoms. The third-order valence-electron chi connectivity index (χ3n) is 6.20. The Bertz CT molecular complexity index is 942. The predicted octanol–water partition coefficient (Wildman–Crippen LogP) is 2.60. The lowest BCUT2D eigenvalue weighted by molar-refractivity contribution is -0.538. The second kappa shape index (κ2) is 8.85. The fourth-order valence-corrected chi connectivity index (χ4v) is 4.76. The van der Waals surface area contributed by atoms with Gasteiger partial charge in [0, 0.05) is 4.92 Å². The smallest absolute Gasteiger partial charge is 0.326 e. The SMILES string of the molecule is COC(=O)C1(C(=O)OC)[C@@H](O)C[C@@H](c2ccc(C)cc2)[C@H]([N+](=O)[O-])[C@@H]1c1ccccc1. The van der Waals surface area contributed by atoms with Gasteiger partial charge in [-0.3, -0.25) is 19.7 Å². The Labute approximate surface area is 179 Å². The first-order valence-electron chi connectivity index (χ1n) is 9.88. The van der Waals surface area contributed by atoms with E-state index in [1.807, 2.05) is 19.1 Å². The van der Waals surface area contributed by atoms with Gasteiger partial charge in [-0.2, -0.15) is 0 Å². The lowest BCUT2D eigenvalue weighted by Crippen LogP contribution is -2.62. The number of carbonyl (C=O) groups is 2. The number of methoxy groups -OCH3 is 2. The zero-order valence-corrected chi connectivity index (χ0v) is 17.6. The molecule has 1 N–H and O–H groups in total. The molecule has 0 heterocycles. The molecule has 1 saturated carbocycles. The number of rotatable bonds is 5. The number of nitrogens with zero attached hydrogens (tertiary/aromatic N) is 1. The molecule has 0 radical (unpaired) electrons. The minimum Gasteiger partial charge on any atom is -0.468 e. The summed E-state index contributed by atoms with van der Waals surface area (Å²) < 4.78 is 9.80. The monoisotopic (exact) mass is 427 g/mol. The highest BCUT2D eigenvalue weighted by Gasteiger charge is 2.69. The van der Waals surface area contributed by atoms with Crippen molar-refractivity contribution in [1.82, 2.24) is 0 Å². The largest absolute Gasteiger partial charge is 0.468 e. The number of benzene rings is 2. The van der Waals surface area contributed by atoms with Crippen LogP contribution in [0.3, 0.4) is 0 Å². The Morgan fingerprint density at radius 3 is 2.03 bits per heavy atom. The number of aryl methyl sites for hydroxylation is 1. The van der Waals surface area contributed by atoms with E-state index in [4.69, 9.17) is 9.47 Å². The van der Waals surface area contributed by atoms with Gasteiger partial charge in [0.2, 0.25) is 11.5 Å². The molecule has 1 aliphatic rings. The number of carbonyl (C=O) groups excluding carboxylic acids is 2. The van der Waals surface area contributed by atoms with Crippen LogP contribution in [0, 0.1) is 22.5 Å². The summed E-state index contributed by atoms with van der Waals surface area (Å²) in [6.07, 6.45) is -1.73. The topological polar surface area (TPSA) is 116 Å². The molecule has 164 valence electrons. The summed E-state index contributed by atoms with van der Waals surface area (Å²) in [7, 11) is 2.16. The van der Waals surface area contributed by atoms with Crippen molar-refractivity contribution in [1.29, 1.82) is 0 Å². The lowest BCUT2D eigenvalue weighted by atomic mass is 9.56. The molecule has 4 atom stereocenters. The van der Waals surface area contributed by atoms with E-state index in [2.05, 4.69) is 0 Å².